The minimum absolute atomic E-state index is 0. The summed E-state index contributed by atoms with van der Waals surface area (Å²) in [6, 6.07) is 0. The van der Waals surface area contributed by atoms with Crippen LogP contribution in [0.2, 0.25) is 0 Å². The number of hydrogen-bond donors (Lipinski definition) is 2. The zero-order chi connectivity index (χ0) is 7.15. The van der Waals surface area contributed by atoms with Crippen LogP contribution in [0, 0.1) is 0 Å². The molecule has 0 saturated heterocycles. The van der Waals surface area contributed by atoms with Crippen LogP contribution >= 0.6 is 0 Å². The molecule has 0 aliphatic heterocycles. The predicted octanol–water partition coefficient (Wildman–Crippen LogP) is -2.61. The minimum Gasteiger partial charge on any atom is -0.565 e. The van der Waals surface area contributed by atoms with Gasteiger partial charge in [-0.3, -0.25) is 0 Å². The number of rotatable bonds is 0. The summed E-state index contributed by atoms with van der Waals surface area (Å²) in [6.07, 6.45) is -4.17. The molecule has 0 unspecified atom stereocenters. The van der Waals surface area contributed by atoms with E-state index in [2.05, 4.69) is 0 Å². The van der Waals surface area contributed by atoms with Gasteiger partial charge in [0.25, 0.3) is 0 Å². The summed E-state index contributed by atoms with van der Waals surface area (Å²) in [5.41, 5.74) is 0. The van der Waals surface area contributed by atoms with Gasteiger partial charge in [0.15, 0.2) is 0 Å². The van der Waals surface area contributed by atoms with E-state index in [1.165, 1.54) is 0 Å². The molecule has 0 bridgehead atoms. The normalized spacial score (nSPS) is 4.80. The fourth-order valence-corrected chi connectivity index (χ4v) is 0. The van der Waals surface area contributed by atoms with Crippen molar-refractivity contribution in [1.29, 1.82) is 0 Å². The second-order valence-corrected chi connectivity index (χ2v) is 0.532. The van der Waals surface area contributed by atoms with Crippen molar-refractivity contribution in [3.05, 3.63) is 0 Å². The van der Waals surface area contributed by atoms with E-state index in [1.54, 1.807) is 0 Å². The van der Waals surface area contributed by atoms with E-state index in [-0.39, 0.29) is 65.9 Å². The van der Waals surface area contributed by atoms with Crippen molar-refractivity contribution >= 4 is 57.8 Å². The van der Waals surface area contributed by atoms with Crippen molar-refractivity contribution in [3.8, 4) is 0 Å². The van der Waals surface area contributed by atoms with Gasteiger partial charge in [0.1, 0.15) is 0 Å². The van der Waals surface area contributed by atoms with Crippen LogP contribution in [-0.2, 0) is 20.4 Å². The van der Waals surface area contributed by atoms with Gasteiger partial charge in [0.05, 0.1) is 0 Å². The summed E-state index contributed by atoms with van der Waals surface area (Å²) in [4.78, 5) is 16.9. The van der Waals surface area contributed by atoms with Crippen molar-refractivity contribution < 1.29 is 50.4 Å². The molecule has 0 heterocycles. The van der Waals surface area contributed by atoms with Crippen LogP contribution in [0.4, 0.5) is 9.59 Å². The molecule has 0 aromatic rings. The van der Waals surface area contributed by atoms with Gasteiger partial charge in [0, 0.05) is 20.4 Å². The average molecular weight is 316 g/mol. The first-order chi connectivity index (χ1) is 3.46. The van der Waals surface area contributed by atoms with Gasteiger partial charge in [-0.25, -0.2) is 0 Å². The van der Waals surface area contributed by atoms with Crippen LogP contribution < -0.4 is 10.2 Å². The second kappa shape index (κ2) is 16.3. The molecule has 8 heteroatoms. The van der Waals surface area contributed by atoms with Gasteiger partial charge in [0.2, 0.25) is 12.3 Å². The van der Waals surface area contributed by atoms with Gasteiger partial charge >= 0.3 is 45.5 Å². The molecular formula is C2H2O6PdSr. The third kappa shape index (κ3) is 1100. The van der Waals surface area contributed by atoms with Crippen LogP contribution in [0.15, 0.2) is 0 Å². The smallest absolute Gasteiger partial charge is 0.565 e. The molecule has 2 N–H and O–H groups in total. The van der Waals surface area contributed by atoms with Crippen LogP contribution in [0.25, 0.3) is 0 Å². The number of hydrogen-bond acceptors (Lipinski definition) is 4. The Labute approximate surface area is 107 Å². The van der Waals surface area contributed by atoms with E-state index >= 15 is 0 Å². The Hall–Kier alpha value is 0.683. The second-order valence-electron chi connectivity index (χ2n) is 0.532. The summed E-state index contributed by atoms with van der Waals surface area (Å²) in [6.45, 7) is 0. The standard InChI is InChI=1S/2CH2O3.Pd.Sr/c2*2-1(3)4;;/h2*(H2,2,3,4);;/q;;;+2/p-2. The average Bonchev–Trinajstić information content (AvgIpc) is 1.25. The fraction of sp³-hybridized carbons (Fsp3) is 0. The van der Waals surface area contributed by atoms with Crippen molar-refractivity contribution in [2.75, 3.05) is 0 Å². The molecule has 0 spiro atoms. The zero-order valence-corrected chi connectivity index (χ0v) is 9.58. The zero-order valence-electron chi connectivity index (χ0n) is 4.55. The Morgan fingerprint density at radius 1 is 1.00 bits per heavy atom. The van der Waals surface area contributed by atoms with Crippen LogP contribution in [-0.4, -0.2) is 68.0 Å². The van der Waals surface area contributed by atoms with Gasteiger partial charge in [-0.05, 0) is 0 Å². The topological polar surface area (TPSA) is 121 Å². The molecule has 0 amide bonds. The van der Waals surface area contributed by atoms with Crippen molar-refractivity contribution in [3.63, 3.8) is 0 Å². The first-order valence-electron chi connectivity index (χ1n) is 1.26. The van der Waals surface area contributed by atoms with Gasteiger partial charge in [-0.1, -0.05) is 0 Å². The molecule has 0 rings (SSSR count). The third-order valence-corrected chi connectivity index (χ3v) is 0. The Morgan fingerprint density at radius 3 is 1.00 bits per heavy atom. The van der Waals surface area contributed by atoms with Gasteiger partial charge in [-0.15, -0.1) is 0 Å². The minimum atomic E-state index is -2.08. The molecule has 0 fully saturated rings. The van der Waals surface area contributed by atoms with E-state index in [0.29, 0.717) is 0 Å². The first kappa shape index (κ1) is 22.4. The maximum absolute atomic E-state index is 8.44. The number of carboxylic acid groups (broad SMARTS) is 4. The monoisotopic (exact) mass is 316 g/mol. The van der Waals surface area contributed by atoms with Crippen LogP contribution in [0.3, 0.4) is 0 Å². The molecule has 10 heavy (non-hydrogen) atoms. The van der Waals surface area contributed by atoms with E-state index in [0.717, 1.165) is 0 Å². The van der Waals surface area contributed by atoms with Crippen molar-refractivity contribution in [2.24, 2.45) is 0 Å². The molecule has 0 radical (unpaired) electrons. The molecule has 0 saturated carbocycles. The molecule has 0 aromatic carbocycles. The molecule has 0 aromatic heterocycles. The fourth-order valence-electron chi connectivity index (χ4n) is 0. The summed E-state index contributed by atoms with van der Waals surface area (Å²) < 4.78 is 0. The van der Waals surface area contributed by atoms with Crippen LogP contribution in [0.5, 0.6) is 0 Å². The van der Waals surface area contributed by atoms with Crippen molar-refractivity contribution in [1.82, 2.24) is 0 Å². The van der Waals surface area contributed by atoms with E-state index in [4.69, 9.17) is 30.0 Å². The van der Waals surface area contributed by atoms with Gasteiger partial charge in [-0.2, -0.15) is 0 Å². The molecule has 58 valence electrons. The summed E-state index contributed by atoms with van der Waals surface area (Å²) in [7, 11) is 0. The molecule has 0 aliphatic carbocycles. The van der Waals surface area contributed by atoms with Crippen LogP contribution in [0.1, 0.15) is 0 Å². The van der Waals surface area contributed by atoms with Gasteiger partial charge < -0.3 is 30.0 Å². The summed E-state index contributed by atoms with van der Waals surface area (Å²) >= 11 is 0. The van der Waals surface area contributed by atoms with E-state index in [1.807, 2.05) is 0 Å². The Morgan fingerprint density at radius 2 is 1.00 bits per heavy atom. The third-order valence-electron chi connectivity index (χ3n) is 0. The number of carbonyl (C=O) groups is 2. The first-order valence-corrected chi connectivity index (χ1v) is 1.26. The van der Waals surface area contributed by atoms with Crippen molar-refractivity contribution in [2.45, 2.75) is 0 Å². The Bertz CT molecular complexity index is 73.7. The van der Waals surface area contributed by atoms with E-state index < -0.39 is 12.3 Å². The summed E-state index contributed by atoms with van der Waals surface area (Å²) in [5.74, 6) is 0. The molecular weight excluding hydrogens is 314 g/mol. The Kier molecular flexibility index (Phi) is 36.7. The molecule has 0 aliphatic rings. The quantitative estimate of drug-likeness (QED) is 0.473. The predicted molar refractivity (Wildman–Crippen MR) is 21.8 cm³/mol. The Balaban J connectivity index is -0.0000000300. The SMILES string of the molecule is O=C([O-])O.O=C([O-])O.[Pd].[Sr+2]. The van der Waals surface area contributed by atoms with E-state index in [9.17, 15) is 0 Å². The largest absolute Gasteiger partial charge is 2.00 e. The maximum atomic E-state index is 8.44. The molecule has 0 atom stereocenters. The maximum Gasteiger partial charge on any atom is 2.00 e. The molecule has 6 nitrogen and oxygen atoms in total. The summed E-state index contributed by atoms with van der Waals surface area (Å²) in [5, 5.41) is 30.6.